The van der Waals surface area contributed by atoms with Gasteiger partial charge in [-0.25, -0.2) is 0 Å². The molecule has 2 nitrogen and oxygen atoms in total. The quantitative estimate of drug-likeness (QED) is 0.653. The van der Waals surface area contributed by atoms with Gasteiger partial charge in [0.2, 0.25) is 0 Å². The van der Waals surface area contributed by atoms with Gasteiger partial charge in [-0.2, -0.15) is 0 Å². The normalized spacial score (nSPS) is 14.0. The second-order valence-corrected chi connectivity index (χ2v) is 5.50. The standard InChI is InChI=1S/C18H31NO/c1-5-8-10-15(6-2)13-18(19-4)16-11-9-12-17(14-16)20-7-3/h9,11-12,14-15,18-19H,5-8,10,13H2,1-4H3. The zero-order valence-corrected chi connectivity index (χ0v) is 13.6. The van der Waals surface area contributed by atoms with Gasteiger partial charge in [-0.15, -0.1) is 0 Å². The summed E-state index contributed by atoms with van der Waals surface area (Å²) in [7, 11) is 2.06. The topological polar surface area (TPSA) is 21.3 Å². The molecule has 0 spiro atoms. The Hall–Kier alpha value is -1.02. The summed E-state index contributed by atoms with van der Waals surface area (Å²) in [6.07, 6.45) is 6.46. The first-order valence-corrected chi connectivity index (χ1v) is 8.15. The fraction of sp³-hybridized carbons (Fsp3) is 0.667. The number of ether oxygens (including phenoxy) is 1. The molecule has 1 N–H and O–H groups in total. The van der Waals surface area contributed by atoms with Crippen molar-refractivity contribution in [2.75, 3.05) is 13.7 Å². The van der Waals surface area contributed by atoms with Crippen LogP contribution in [-0.4, -0.2) is 13.7 Å². The van der Waals surface area contributed by atoms with E-state index in [1.54, 1.807) is 0 Å². The number of hydrogen-bond acceptors (Lipinski definition) is 2. The van der Waals surface area contributed by atoms with Crippen molar-refractivity contribution < 1.29 is 4.74 Å². The van der Waals surface area contributed by atoms with Crippen LogP contribution in [0.1, 0.15) is 64.5 Å². The summed E-state index contributed by atoms with van der Waals surface area (Å²) in [4.78, 5) is 0. The lowest BCUT2D eigenvalue weighted by Gasteiger charge is -2.23. The van der Waals surface area contributed by atoms with Crippen molar-refractivity contribution in [2.24, 2.45) is 5.92 Å². The molecule has 20 heavy (non-hydrogen) atoms. The van der Waals surface area contributed by atoms with Crippen LogP contribution in [0.3, 0.4) is 0 Å². The van der Waals surface area contributed by atoms with E-state index in [1.165, 1.54) is 37.7 Å². The SMILES string of the molecule is CCCCC(CC)CC(NC)c1cccc(OCC)c1. The monoisotopic (exact) mass is 277 g/mol. The van der Waals surface area contributed by atoms with E-state index in [4.69, 9.17) is 4.74 Å². The molecule has 2 unspecified atom stereocenters. The Labute approximate surface area is 124 Å². The molecular formula is C18H31NO. The van der Waals surface area contributed by atoms with Crippen molar-refractivity contribution in [1.29, 1.82) is 0 Å². The molecule has 1 aromatic rings. The van der Waals surface area contributed by atoms with Crippen molar-refractivity contribution in [3.05, 3.63) is 29.8 Å². The molecule has 0 aliphatic heterocycles. The third-order valence-corrected chi connectivity index (χ3v) is 4.03. The van der Waals surface area contributed by atoms with Gasteiger partial charge in [0.25, 0.3) is 0 Å². The molecular weight excluding hydrogens is 246 g/mol. The van der Waals surface area contributed by atoms with Gasteiger partial charge in [0.1, 0.15) is 5.75 Å². The van der Waals surface area contributed by atoms with Crippen molar-refractivity contribution in [1.82, 2.24) is 5.32 Å². The molecule has 2 heteroatoms. The minimum Gasteiger partial charge on any atom is -0.494 e. The van der Waals surface area contributed by atoms with Gasteiger partial charge >= 0.3 is 0 Å². The van der Waals surface area contributed by atoms with E-state index < -0.39 is 0 Å². The predicted octanol–water partition coefficient (Wildman–Crippen LogP) is 4.95. The number of rotatable bonds is 10. The maximum atomic E-state index is 5.61. The third kappa shape index (κ3) is 5.54. The molecule has 0 saturated carbocycles. The van der Waals surface area contributed by atoms with Crippen molar-refractivity contribution in [3.8, 4) is 5.75 Å². The van der Waals surface area contributed by atoms with Crippen LogP contribution in [0.5, 0.6) is 5.75 Å². The van der Waals surface area contributed by atoms with Gasteiger partial charge in [-0.05, 0) is 44.0 Å². The fourth-order valence-electron chi connectivity index (χ4n) is 2.72. The van der Waals surface area contributed by atoms with Gasteiger partial charge in [0, 0.05) is 6.04 Å². The van der Waals surface area contributed by atoms with E-state index in [0.717, 1.165) is 18.3 Å². The van der Waals surface area contributed by atoms with Crippen LogP contribution in [0.25, 0.3) is 0 Å². The van der Waals surface area contributed by atoms with Crippen LogP contribution >= 0.6 is 0 Å². The highest BCUT2D eigenvalue weighted by Gasteiger charge is 2.15. The average Bonchev–Trinajstić information content (AvgIpc) is 2.48. The lowest BCUT2D eigenvalue weighted by atomic mass is 9.89. The predicted molar refractivity (Wildman–Crippen MR) is 87.3 cm³/mol. The van der Waals surface area contributed by atoms with Crippen LogP contribution in [-0.2, 0) is 0 Å². The molecule has 0 saturated heterocycles. The Morgan fingerprint density at radius 3 is 2.60 bits per heavy atom. The van der Waals surface area contributed by atoms with Gasteiger partial charge in [-0.1, -0.05) is 51.7 Å². The number of hydrogen-bond donors (Lipinski definition) is 1. The van der Waals surface area contributed by atoms with E-state index in [0.29, 0.717) is 6.04 Å². The maximum Gasteiger partial charge on any atom is 0.119 e. The summed E-state index contributed by atoms with van der Waals surface area (Å²) in [5.41, 5.74) is 1.34. The second-order valence-electron chi connectivity index (χ2n) is 5.50. The van der Waals surface area contributed by atoms with E-state index >= 15 is 0 Å². The van der Waals surface area contributed by atoms with Gasteiger partial charge in [0.05, 0.1) is 6.61 Å². The van der Waals surface area contributed by atoms with E-state index in [2.05, 4.69) is 44.4 Å². The lowest BCUT2D eigenvalue weighted by molar-refractivity contribution is 0.337. The molecule has 1 aromatic carbocycles. The second kappa shape index (κ2) is 9.82. The lowest BCUT2D eigenvalue weighted by Crippen LogP contribution is -2.20. The summed E-state index contributed by atoms with van der Waals surface area (Å²) < 4.78 is 5.61. The molecule has 0 aromatic heterocycles. The van der Waals surface area contributed by atoms with Crippen LogP contribution in [0.2, 0.25) is 0 Å². The summed E-state index contributed by atoms with van der Waals surface area (Å²) in [6, 6.07) is 8.94. The summed E-state index contributed by atoms with van der Waals surface area (Å²) >= 11 is 0. The highest BCUT2D eigenvalue weighted by atomic mass is 16.5. The van der Waals surface area contributed by atoms with E-state index in [9.17, 15) is 0 Å². The van der Waals surface area contributed by atoms with Crippen LogP contribution < -0.4 is 10.1 Å². The van der Waals surface area contributed by atoms with Gasteiger partial charge in [0.15, 0.2) is 0 Å². The van der Waals surface area contributed by atoms with Crippen LogP contribution in [0, 0.1) is 5.92 Å². The smallest absolute Gasteiger partial charge is 0.119 e. The van der Waals surface area contributed by atoms with Crippen molar-refractivity contribution in [2.45, 2.75) is 58.9 Å². The number of unbranched alkanes of at least 4 members (excludes halogenated alkanes) is 1. The van der Waals surface area contributed by atoms with E-state index in [-0.39, 0.29) is 0 Å². The minimum atomic E-state index is 0.428. The number of benzene rings is 1. The molecule has 0 bridgehead atoms. The van der Waals surface area contributed by atoms with Crippen LogP contribution in [0.15, 0.2) is 24.3 Å². The van der Waals surface area contributed by atoms with Crippen molar-refractivity contribution in [3.63, 3.8) is 0 Å². The van der Waals surface area contributed by atoms with Gasteiger partial charge in [-0.3, -0.25) is 0 Å². The Bertz CT molecular complexity index is 364. The number of nitrogens with one attached hydrogen (secondary N) is 1. The zero-order valence-electron chi connectivity index (χ0n) is 13.6. The zero-order chi connectivity index (χ0) is 14.8. The fourth-order valence-corrected chi connectivity index (χ4v) is 2.72. The molecule has 0 heterocycles. The summed E-state index contributed by atoms with van der Waals surface area (Å²) in [5, 5.41) is 3.47. The summed E-state index contributed by atoms with van der Waals surface area (Å²) in [6.45, 7) is 7.33. The van der Waals surface area contributed by atoms with Crippen LogP contribution in [0.4, 0.5) is 0 Å². The Kier molecular flexibility index (Phi) is 8.36. The molecule has 114 valence electrons. The summed E-state index contributed by atoms with van der Waals surface area (Å²) in [5.74, 6) is 1.79. The molecule has 2 atom stereocenters. The Morgan fingerprint density at radius 1 is 1.20 bits per heavy atom. The Balaban J connectivity index is 2.70. The highest BCUT2D eigenvalue weighted by Crippen LogP contribution is 2.28. The molecule has 0 radical (unpaired) electrons. The molecule has 0 amide bonds. The molecule has 1 rings (SSSR count). The first-order chi connectivity index (χ1) is 9.74. The first-order valence-electron chi connectivity index (χ1n) is 8.15. The largest absolute Gasteiger partial charge is 0.494 e. The molecule has 0 aliphatic rings. The van der Waals surface area contributed by atoms with Gasteiger partial charge < -0.3 is 10.1 Å². The van der Waals surface area contributed by atoms with Crippen molar-refractivity contribution >= 4 is 0 Å². The third-order valence-electron chi connectivity index (χ3n) is 4.03. The maximum absolute atomic E-state index is 5.61. The minimum absolute atomic E-state index is 0.428. The highest BCUT2D eigenvalue weighted by molar-refractivity contribution is 5.30. The van der Waals surface area contributed by atoms with E-state index in [1.807, 2.05) is 13.0 Å². The molecule has 0 fully saturated rings. The average molecular weight is 277 g/mol. The Morgan fingerprint density at radius 2 is 2.00 bits per heavy atom. The first kappa shape index (κ1) is 17.0. The molecule has 0 aliphatic carbocycles.